The molecule has 3 aromatic heterocycles. The Morgan fingerprint density at radius 3 is 2.92 bits per heavy atom. The van der Waals surface area contributed by atoms with E-state index in [9.17, 15) is 19.1 Å². The van der Waals surface area contributed by atoms with Crippen molar-refractivity contribution in [2.45, 2.75) is 38.5 Å². The van der Waals surface area contributed by atoms with Gasteiger partial charge in [0.15, 0.2) is 5.82 Å². The number of carbonyl (C=O) groups excluding carboxylic acids is 1. The highest BCUT2D eigenvalue weighted by molar-refractivity contribution is 7.14. The number of likely N-dealkylation sites (N-methyl/N-ethyl adjacent to an activating group) is 1. The molecule has 1 amide bonds. The number of rotatable bonds is 5. The monoisotopic (exact) mass is 535 g/mol. The molecule has 10 nitrogen and oxygen atoms in total. The van der Waals surface area contributed by atoms with Crippen molar-refractivity contribution in [3.63, 3.8) is 0 Å². The zero-order valence-corrected chi connectivity index (χ0v) is 21.4. The number of hydrogen-bond acceptors (Lipinski definition) is 8. The molecule has 1 unspecified atom stereocenters. The molecule has 1 aliphatic heterocycles. The number of aromatic amines is 1. The molecule has 0 radical (unpaired) electrons. The van der Waals surface area contributed by atoms with Gasteiger partial charge in [-0.3, -0.25) is 19.2 Å². The second kappa shape index (κ2) is 9.78. The molecule has 12 heteroatoms. The molecule has 0 bridgehead atoms. The molecule has 6 rings (SSSR count). The van der Waals surface area contributed by atoms with Crippen LogP contribution in [0.15, 0.2) is 41.2 Å². The van der Waals surface area contributed by atoms with Crippen molar-refractivity contribution in [1.82, 2.24) is 24.9 Å². The van der Waals surface area contributed by atoms with Gasteiger partial charge in [0, 0.05) is 29.6 Å². The van der Waals surface area contributed by atoms with Gasteiger partial charge in [-0.2, -0.15) is 10.2 Å². The van der Waals surface area contributed by atoms with Crippen LogP contribution in [0.3, 0.4) is 0 Å². The summed E-state index contributed by atoms with van der Waals surface area (Å²) in [6.07, 6.45) is 1.79. The Morgan fingerprint density at radius 1 is 1.21 bits per heavy atom. The van der Waals surface area contributed by atoms with Gasteiger partial charge in [-0.15, -0.1) is 11.3 Å². The Bertz CT molecular complexity index is 1590. The standard InChI is InChI=1S/C26H26FN7O3S/c1-33-7-8-34-15(13-33)10-24(32-34)28-20-12-18(30-31-25(20)36)14-5-6-17(27)19(9-14)29-26(37)23-11-16-21(35)3-2-4-22(16)38-23/h5-6,9-12,21,35H,2-4,7-8,13H2,1H3,(H,29,37)(H,31,36)(H,28,30,32). The number of aryl methyl sites for hydroxylation is 1. The lowest BCUT2D eigenvalue weighted by Gasteiger charge is -2.22. The van der Waals surface area contributed by atoms with E-state index in [0.29, 0.717) is 28.4 Å². The summed E-state index contributed by atoms with van der Waals surface area (Å²) in [6.45, 7) is 2.43. The first-order chi connectivity index (χ1) is 18.3. The summed E-state index contributed by atoms with van der Waals surface area (Å²) in [6, 6.07) is 9.41. The van der Waals surface area contributed by atoms with Crippen molar-refractivity contribution >= 4 is 34.4 Å². The van der Waals surface area contributed by atoms with Crippen molar-refractivity contribution in [2.24, 2.45) is 0 Å². The second-order valence-corrected chi connectivity index (χ2v) is 10.8. The van der Waals surface area contributed by atoms with Gasteiger partial charge in [0.2, 0.25) is 0 Å². The van der Waals surface area contributed by atoms with Gasteiger partial charge in [0.05, 0.1) is 34.6 Å². The van der Waals surface area contributed by atoms with E-state index in [1.54, 1.807) is 12.1 Å². The van der Waals surface area contributed by atoms with Crippen LogP contribution in [0.5, 0.6) is 0 Å². The van der Waals surface area contributed by atoms with Crippen molar-refractivity contribution in [3.8, 4) is 11.3 Å². The first kappa shape index (κ1) is 24.5. The minimum atomic E-state index is -0.597. The molecule has 0 spiro atoms. The molecule has 4 N–H and O–H groups in total. The van der Waals surface area contributed by atoms with Gasteiger partial charge in [-0.1, -0.05) is 0 Å². The van der Waals surface area contributed by atoms with Crippen LogP contribution in [-0.4, -0.2) is 49.5 Å². The van der Waals surface area contributed by atoms with E-state index in [1.165, 1.54) is 29.5 Å². The number of aliphatic hydroxyl groups excluding tert-OH is 1. The van der Waals surface area contributed by atoms with Gasteiger partial charge in [-0.25, -0.2) is 9.49 Å². The topological polar surface area (TPSA) is 128 Å². The van der Waals surface area contributed by atoms with Crippen molar-refractivity contribution in [3.05, 3.63) is 73.6 Å². The zero-order chi connectivity index (χ0) is 26.4. The number of halogens is 1. The largest absolute Gasteiger partial charge is 0.388 e. The van der Waals surface area contributed by atoms with Crippen LogP contribution in [0.2, 0.25) is 0 Å². The minimum Gasteiger partial charge on any atom is -0.388 e. The number of aromatic nitrogens is 4. The van der Waals surface area contributed by atoms with Crippen LogP contribution in [0.25, 0.3) is 11.3 Å². The number of anilines is 3. The van der Waals surface area contributed by atoms with Gasteiger partial charge in [0.25, 0.3) is 11.5 Å². The number of aliphatic hydroxyl groups is 1. The van der Waals surface area contributed by atoms with Gasteiger partial charge in [0.1, 0.15) is 11.5 Å². The summed E-state index contributed by atoms with van der Waals surface area (Å²) in [5, 5.41) is 27.0. The maximum atomic E-state index is 14.7. The molecule has 1 aliphatic carbocycles. The normalized spacial score (nSPS) is 17.1. The third kappa shape index (κ3) is 4.73. The molecular formula is C26H26FN7O3S. The molecule has 1 atom stereocenters. The third-order valence-electron chi connectivity index (χ3n) is 6.87. The number of carbonyl (C=O) groups is 1. The highest BCUT2D eigenvalue weighted by Crippen LogP contribution is 2.36. The number of nitrogens with one attached hydrogen (secondary N) is 3. The average molecular weight is 536 g/mol. The van der Waals surface area contributed by atoms with E-state index < -0.39 is 23.4 Å². The van der Waals surface area contributed by atoms with Crippen LogP contribution in [0.4, 0.5) is 21.6 Å². The van der Waals surface area contributed by atoms with E-state index in [-0.39, 0.29) is 11.4 Å². The van der Waals surface area contributed by atoms with Gasteiger partial charge >= 0.3 is 0 Å². The first-order valence-electron chi connectivity index (χ1n) is 12.4. The van der Waals surface area contributed by atoms with Gasteiger partial charge < -0.3 is 15.7 Å². The number of amides is 1. The highest BCUT2D eigenvalue weighted by Gasteiger charge is 2.24. The smallest absolute Gasteiger partial charge is 0.287 e. The Kier molecular flexibility index (Phi) is 6.30. The summed E-state index contributed by atoms with van der Waals surface area (Å²) in [4.78, 5) is 29.0. The Hall–Kier alpha value is -3.87. The number of H-pyrrole nitrogens is 1. The summed E-state index contributed by atoms with van der Waals surface area (Å²) in [5.41, 5.74) is 2.55. The number of nitrogens with zero attached hydrogens (tertiary/aromatic N) is 4. The summed E-state index contributed by atoms with van der Waals surface area (Å²) in [7, 11) is 2.04. The summed E-state index contributed by atoms with van der Waals surface area (Å²) >= 11 is 1.32. The highest BCUT2D eigenvalue weighted by atomic mass is 32.1. The molecule has 0 saturated heterocycles. The van der Waals surface area contributed by atoms with Crippen LogP contribution in [0, 0.1) is 5.82 Å². The predicted molar refractivity (Wildman–Crippen MR) is 142 cm³/mol. The van der Waals surface area contributed by atoms with Crippen LogP contribution >= 0.6 is 11.3 Å². The molecule has 4 aromatic rings. The minimum absolute atomic E-state index is 0.00664. The Morgan fingerprint density at radius 2 is 2.08 bits per heavy atom. The van der Waals surface area contributed by atoms with Crippen LogP contribution in [0.1, 0.15) is 44.8 Å². The fourth-order valence-electron chi connectivity index (χ4n) is 4.85. The van der Waals surface area contributed by atoms with E-state index in [0.717, 1.165) is 48.6 Å². The summed E-state index contributed by atoms with van der Waals surface area (Å²) < 4.78 is 16.6. The number of fused-ring (bicyclic) bond motifs is 2. The molecule has 1 aromatic carbocycles. The molecule has 4 heterocycles. The predicted octanol–water partition coefficient (Wildman–Crippen LogP) is 3.65. The van der Waals surface area contributed by atoms with Crippen molar-refractivity contribution in [2.75, 3.05) is 24.2 Å². The first-order valence-corrected chi connectivity index (χ1v) is 13.2. The second-order valence-electron chi connectivity index (χ2n) is 9.65. The fourth-order valence-corrected chi connectivity index (χ4v) is 6.01. The van der Waals surface area contributed by atoms with Crippen LogP contribution < -0.4 is 16.2 Å². The van der Waals surface area contributed by atoms with Crippen molar-refractivity contribution < 1.29 is 14.3 Å². The molecule has 2 aliphatic rings. The van der Waals surface area contributed by atoms with Gasteiger partial charge in [-0.05, 0) is 62.2 Å². The number of thiophene rings is 1. The lowest BCUT2D eigenvalue weighted by molar-refractivity contribution is 0.103. The molecule has 0 fully saturated rings. The van der Waals surface area contributed by atoms with E-state index in [4.69, 9.17) is 0 Å². The zero-order valence-electron chi connectivity index (χ0n) is 20.6. The summed E-state index contributed by atoms with van der Waals surface area (Å²) in [5.74, 6) is -0.493. The maximum absolute atomic E-state index is 14.7. The van der Waals surface area contributed by atoms with Crippen LogP contribution in [-0.2, 0) is 19.5 Å². The lowest BCUT2D eigenvalue weighted by atomic mass is 9.96. The average Bonchev–Trinajstić information content (AvgIpc) is 3.51. The molecule has 38 heavy (non-hydrogen) atoms. The molecular weight excluding hydrogens is 509 g/mol. The van der Waals surface area contributed by atoms with Crippen molar-refractivity contribution in [1.29, 1.82) is 0 Å². The number of hydrogen-bond donors (Lipinski definition) is 4. The number of benzene rings is 1. The van der Waals surface area contributed by atoms with E-state index >= 15 is 0 Å². The SMILES string of the molecule is CN1CCn2nc(Nc3cc(-c4ccc(F)c(NC(=O)c5cc6c(s5)CCCC6O)c4)n[nH]c3=O)cc2C1. The van der Waals surface area contributed by atoms with E-state index in [2.05, 4.69) is 30.8 Å². The quantitative estimate of drug-likeness (QED) is 0.307. The fraction of sp³-hybridized carbons (Fsp3) is 0.308. The molecule has 0 saturated carbocycles. The maximum Gasteiger partial charge on any atom is 0.287 e. The molecule has 196 valence electrons. The third-order valence-corrected chi connectivity index (χ3v) is 8.08. The Labute approximate surface area is 221 Å². The Balaban J connectivity index is 1.24. The lowest BCUT2D eigenvalue weighted by Crippen LogP contribution is -2.30. The van der Waals surface area contributed by atoms with E-state index in [1.807, 2.05) is 17.8 Å².